The summed E-state index contributed by atoms with van der Waals surface area (Å²) in [4.78, 5) is 45.4. The van der Waals surface area contributed by atoms with Gasteiger partial charge in [-0.1, -0.05) is 0 Å². The molecule has 0 spiro atoms. The third-order valence-corrected chi connectivity index (χ3v) is 1.97. The third-order valence-electron chi connectivity index (χ3n) is 1.97. The summed E-state index contributed by atoms with van der Waals surface area (Å²) in [7, 11) is 2.09. The number of hydrogen-bond acceptors (Lipinski definition) is 6. The molecule has 7 heteroatoms. The fourth-order valence-electron chi connectivity index (χ4n) is 1.40. The van der Waals surface area contributed by atoms with E-state index in [9.17, 15) is 19.2 Å². The molecule has 0 aliphatic rings. The summed E-state index contributed by atoms with van der Waals surface area (Å²) in [6, 6.07) is 0. The SMILES string of the molecule is COC(=O)C(CC(C)=O)(NC(C)=O)C(=O)OC. The van der Waals surface area contributed by atoms with Crippen LogP contribution in [0.4, 0.5) is 0 Å². The van der Waals surface area contributed by atoms with Crippen LogP contribution in [0.1, 0.15) is 20.3 Å². The molecule has 0 saturated carbocycles. The Hall–Kier alpha value is -1.92. The summed E-state index contributed by atoms with van der Waals surface area (Å²) in [5, 5.41) is 2.12. The van der Waals surface area contributed by atoms with Crippen LogP contribution < -0.4 is 5.32 Å². The molecule has 1 amide bonds. The van der Waals surface area contributed by atoms with Crippen LogP contribution in [0.15, 0.2) is 0 Å². The summed E-state index contributed by atoms with van der Waals surface area (Å²) < 4.78 is 8.87. The predicted molar refractivity (Wildman–Crippen MR) is 55.9 cm³/mol. The quantitative estimate of drug-likeness (QED) is 0.502. The van der Waals surface area contributed by atoms with Crippen LogP contribution in [0, 0.1) is 0 Å². The summed E-state index contributed by atoms with van der Waals surface area (Å²) in [6.45, 7) is 2.29. The highest BCUT2D eigenvalue weighted by molar-refractivity contribution is 6.10. The molecule has 1 N–H and O–H groups in total. The molecule has 7 nitrogen and oxygen atoms in total. The third kappa shape index (κ3) is 3.54. The van der Waals surface area contributed by atoms with E-state index in [-0.39, 0.29) is 0 Å². The number of hydrogen-bond donors (Lipinski definition) is 1. The van der Waals surface area contributed by atoms with Gasteiger partial charge in [-0.15, -0.1) is 0 Å². The smallest absolute Gasteiger partial charge is 0.343 e. The molecule has 0 aromatic heterocycles. The number of ether oxygens (including phenoxy) is 2. The molecule has 0 saturated heterocycles. The first-order valence-corrected chi connectivity index (χ1v) is 4.75. The van der Waals surface area contributed by atoms with E-state index in [1.165, 1.54) is 6.92 Å². The molecule has 0 aromatic carbocycles. The number of amides is 1. The van der Waals surface area contributed by atoms with Gasteiger partial charge in [0, 0.05) is 6.92 Å². The van der Waals surface area contributed by atoms with Crippen molar-refractivity contribution in [2.24, 2.45) is 0 Å². The van der Waals surface area contributed by atoms with Gasteiger partial charge in [0.1, 0.15) is 5.78 Å². The number of esters is 2. The number of rotatable bonds is 5. The first-order valence-electron chi connectivity index (χ1n) is 4.75. The number of carbonyl (C=O) groups is 4. The van der Waals surface area contributed by atoms with Gasteiger partial charge in [-0.25, -0.2) is 9.59 Å². The topological polar surface area (TPSA) is 98.8 Å². The standard InChI is InChI=1S/C10H15NO6/c1-6(12)5-10(8(14)16-3,9(15)17-4)11-7(2)13/h5H2,1-4H3,(H,11,13). The number of Topliss-reactive ketones (excluding diaryl/α,β-unsaturated/α-hetero) is 1. The van der Waals surface area contributed by atoms with Crippen molar-refractivity contribution in [3.8, 4) is 0 Å². The number of nitrogens with one attached hydrogen (secondary N) is 1. The Morgan fingerprint density at radius 2 is 1.41 bits per heavy atom. The first-order chi connectivity index (χ1) is 7.80. The maximum Gasteiger partial charge on any atom is 0.343 e. The number of methoxy groups -OCH3 is 2. The van der Waals surface area contributed by atoms with Gasteiger partial charge in [0.25, 0.3) is 0 Å². The molecule has 0 heterocycles. The molecule has 0 aliphatic carbocycles. The van der Waals surface area contributed by atoms with Gasteiger partial charge in [0.2, 0.25) is 11.4 Å². The van der Waals surface area contributed by atoms with Gasteiger partial charge < -0.3 is 14.8 Å². The lowest BCUT2D eigenvalue weighted by molar-refractivity contribution is -0.166. The lowest BCUT2D eigenvalue weighted by Crippen LogP contribution is -2.61. The fourth-order valence-corrected chi connectivity index (χ4v) is 1.40. The molecule has 0 bridgehead atoms. The van der Waals surface area contributed by atoms with Crippen LogP contribution in [0.2, 0.25) is 0 Å². The van der Waals surface area contributed by atoms with Crippen molar-refractivity contribution in [2.45, 2.75) is 25.8 Å². The highest BCUT2D eigenvalue weighted by Gasteiger charge is 2.50. The van der Waals surface area contributed by atoms with Gasteiger partial charge in [0.15, 0.2) is 0 Å². The van der Waals surface area contributed by atoms with Gasteiger partial charge in [-0.05, 0) is 6.92 Å². The normalized spacial score (nSPS) is 10.4. The Balaban J connectivity index is 5.50. The highest BCUT2D eigenvalue weighted by Crippen LogP contribution is 2.16. The summed E-state index contributed by atoms with van der Waals surface area (Å²) >= 11 is 0. The molecule has 0 atom stereocenters. The molecule has 17 heavy (non-hydrogen) atoms. The van der Waals surface area contributed by atoms with Crippen LogP contribution in [-0.2, 0) is 28.7 Å². The second-order valence-electron chi connectivity index (χ2n) is 3.45. The lowest BCUT2D eigenvalue weighted by atomic mass is 9.93. The molecule has 0 unspecified atom stereocenters. The maximum absolute atomic E-state index is 11.6. The highest BCUT2D eigenvalue weighted by atomic mass is 16.5. The molecule has 96 valence electrons. The van der Waals surface area contributed by atoms with Crippen LogP contribution in [0.3, 0.4) is 0 Å². The van der Waals surface area contributed by atoms with E-state index in [0.29, 0.717) is 0 Å². The van der Waals surface area contributed by atoms with Gasteiger partial charge in [0.05, 0.1) is 20.6 Å². The first kappa shape index (κ1) is 15.1. The summed E-state index contributed by atoms with van der Waals surface area (Å²) in [5.41, 5.74) is -2.11. The van der Waals surface area contributed by atoms with Crippen molar-refractivity contribution >= 4 is 23.6 Å². The van der Waals surface area contributed by atoms with E-state index < -0.39 is 35.6 Å². The fraction of sp³-hybridized carbons (Fsp3) is 0.600. The van der Waals surface area contributed by atoms with E-state index in [1.54, 1.807) is 0 Å². The van der Waals surface area contributed by atoms with Gasteiger partial charge in [-0.2, -0.15) is 0 Å². The Kier molecular flexibility index (Phi) is 5.30. The average molecular weight is 245 g/mol. The second kappa shape index (κ2) is 5.97. The molecular weight excluding hydrogens is 230 g/mol. The zero-order chi connectivity index (χ0) is 13.6. The molecule has 0 radical (unpaired) electrons. The number of ketones is 1. The minimum atomic E-state index is -2.11. The molecule has 0 fully saturated rings. The minimum absolute atomic E-state index is 0.463. The molecule has 0 aliphatic heterocycles. The van der Waals surface area contributed by atoms with Crippen molar-refractivity contribution in [3.05, 3.63) is 0 Å². The van der Waals surface area contributed by atoms with Crippen molar-refractivity contribution in [2.75, 3.05) is 14.2 Å². The van der Waals surface area contributed by atoms with Crippen molar-refractivity contribution in [3.63, 3.8) is 0 Å². The van der Waals surface area contributed by atoms with Gasteiger partial charge >= 0.3 is 11.9 Å². The molecule has 0 aromatic rings. The van der Waals surface area contributed by atoms with Crippen molar-refractivity contribution in [1.29, 1.82) is 0 Å². The van der Waals surface area contributed by atoms with E-state index in [4.69, 9.17) is 0 Å². The van der Waals surface area contributed by atoms with E-state index in [1.807, 2.05) is 0 Å². The van der Waals surface area contributed by atoms with E-state index in [0.717, 1.165) is 21.1 Å². The van der Waals surface area contributed by atoms with E-state index in [2.05, 4.69) is 14.8 Å². The second-order valence-corrected chi connectivity index (χ2v) is 3.45. The Bertz CT molecular complexity index is 315. The lowest BCUT2D eigenvalue weighted by Gasteiger charge is -2.27. The van der Waals surface area contributed by atoms with Crippen LogP contribution in [-0.4, -0.2) is 43.4 Å². The Morgan fingerprint density at radius 3 is 1.65 bits per heavy atom. The maximum atomic E-state index is 11.6. The summed E-state index contributed by atoms with van der Waals surface area (Å²) in [5.74, 6) is -3.21. The zero-order valence-corrected chi connectivity index (χ0v) is 10.2. The van der Waals surface area contributed by atoms with Crippen molar-refractivity contribution < 1.29 is 28.7 Å². The largest absolute Gasteiger partial charge is 0.467 e. The van der Waals surface area contributed by atoms with Crippen molar-refractivity contribution in [1.82, 2.24) is 5.32 Å². The minimum Gasteiger partial charge on any atom is -0.467 e. The van der Waals surface area contributed by atoms with Crippen LogP contribution in [0.25, 0.3) is 0 Å². The zero-order valence-electron chi connectivity index (χ0n) is 10.2. The Morgan fingerprint density at radius 1 is 1.00 bits per heavy atom. The number of carbonyl (C=O) groups excluding carboxylic acids is 4. The van der Waals surface area contributed by atoms with Gasteiger partial charge in [-0.3, -0.25) is 9.59 Å². The Labute approximate surface area is 98.4 Å². The summed E-state index contributed by atoms with van der Waals surface area (Å²) in [6.07, 6.45) is -0.522. The average Bonchev–Trinajstić information content (AvgIpc) is 2.24. The predicted octanol–water partition coefficient (Wildman–Crippen LogP) is -0.814. The molecule has 0 rings (SSSR count). The van der Waals surface area contributed by atoms with Crippen LogP contribution in [0.5, 0.6) is 0 Å². The molecular formula is C10H15NO6. The monoisotopic (exact) mass is 245 g/mol. The van der Waals surface area contributed by atoms with E-state index >= 15 is 0 Å². The van der Waals surface area contributed by atoms with Crippen LogP contribution >= 0.6 is 0 Å².